The highest BCUT2D eigenvalue weighted by Crippen LogP contribution is 2.31. The Morgan fingerprint density at radius 2 is 1.61 bits per heavy atom. The molecule has 5 nitrogen and oxygen atoms in total. The van der Waals surface area contributed by atoms with E-state index < -0.39 is 17.6 Å². The molecule has 4 rings (SSSR count). The van der Waals surface area contributed by atoms with Gasteiger partial charge in [-0.15, -0.1) is 0 Å². The second-order valence-corrected chi connectivity index (χ2v) is 7.01. The number of carbonyl (C=O) groups excluding carboxylic acids is 1. The van der Waals surface area contributed by atoms with Crippen LogP contribution in [0.15, 0.2) is 72.8 Å². The molecule has 0 atom stereocenters. The molecule has 2 N–H and O–H groups in total. The van der Waals surface area contributed by atoms with Crippen LogP contribution in [0.2, 0.25) is 5.02 Å². The van der Waals surface area contributed by atoms with Crippen molar-refractivity contribution in [2.45, 2.75) is 6.18 Å². The number of alkyl halides is 3. The highest BCUT2D eigenvalue weighted by molar-refractivity contribution is 6.30. The van der Waals surface area contributed by atoms with Crippen molar-refractivity contribution in [1.82, 2.24) is 9.97 Å². The largest absolute Gasteiger partial charge is 0.416 e. The van der Waals surface area contributed by atoms with Crippen LogP contribution in [0.1, 0.15) is 16.2 Å². The summed E-state index contributed by atoms with van der Waals surface area (Å²) in [6, 6.07) is 18.3. The average molecular weight is 443 g/mol. The Hall–Kier alpha value is -3.65. The highest BCUT2D eigenvalue weighted by atomic mass is 35.5. The van der Waals surface area contributed by atoms with Crippen LogP contribution in [-0.2, 0) is 6.18 Å². The summed E-state index contributed by atoms with van der Waals surface area (Å²) in [5.41, 5.74) is 0.319. The predicted molar refractivity (Wildman–Crippen MR) is 114 cm³/mol. The third kappa shape index (κ3) is 4.75. The van der Waals surface area contributed by atoms with Crippen molar-refractivity contribution in [2.24, 2.45) is 0 Å². The number of halogens is 4. The lowest BCUT2D eigenvalue weighted by atomic mass is 10.2. The molecule has 0 spiro atoms. The molecule has 0 unspecified atom stereocenters. The summed E-state index contributed by atoms with van der Waals surface area (Å²) in [4.78, 5) is 21.3. The number of nitrogens with one attached hydrogen (secondary N) is 2. The molecule has 0 aliphatic rings. The molecule has 0 aliphatic carbocycles. The number of para-hydroxylation sites is 1. The van der Waals surface area contributed by atoms with Gasteiger partial charge in [0.15, 0.2) is 0 Å². The standard InChI is InChI=1S/C22H14ClF3N4O/c23-14-8-10-15(11-9-14)27-19-17-6-1-2-7-18(17)29-20(30-19)21(31)28-16-5-3-4-13(12-16)22(24,25)26/h1-12H,(H,28,31)(H,27,29,30). The molecule has 0 radical (unpaired) electrons. The molecule has 1 heterocycles. The minimum absolute atomic E-state index is 0.0104. The number of hydrogen-bond acceptors (Lipinski definition) is 4. The fourth-order valence-electron chi connectivity index (χ4n) is 2.90. The van der Waals surface area contributed by atoms with Gasteiger partial charge in [0.1, 0.15) is 5.82 Å². The second kappa shape index (κ2) is 8.23. The Bertz CT molecular complexity index is 1260. The van der Waals surface area contributed by atoms with Crippen LogP contribution in [0.3, 0.4) is 0 Å². The van der Waals surface area contributed by atoms with Gasteiger partial charge in [0.2, 0.25) is 5.82 Å². The molecule has 0 saturated carbocycles. The molecular formula is C22H14ClF3N4O. The molecule has 1 aromatic heterocycles. The van der Waals surface area contributed by atoms with Crippen LogP contribution in [-0.4, -0.2) is 15.9 Å². The van der Waals surface area contributed by atoms with E-state index >= 15 is 0 Å². The maximum absolute atomic E-state index is 12.9. The van der Waals surface area contributed by atoms with E-state index in [1.165, 1.54) is 12.1 Å². The van der Waals surface area contributed by atoms with E-state index in [1.807, 2.05) is 0 Å². The number of carbonyl (C=O) groups is 1. The first kappa shape index (κ1) is 20.6. The number of hydrogen-bond donors (Lipinski definition) is 2. The Kier molecular flexibility index (Phi) is 5.48. The molecular weight excluding hydrogens is 429 g/mol. The summed E-state index contributed by atoms with van der Waals surface area (Å²) in [6.45, 7) is 0. The SMILES string of the molecule is O=C(Nc1cccc(C(F)(F)F)c1)c1nc(Nc2ccc(Cl)cc2)c2ccccc2n1. The lowest BCUT2D eigenvalue weighted by Crippen LogP contribution is -2.17. The smallest absolute Gasteiger partial charge is 0.340 e. The van der Waals surface area contributed by atoms with Gasteiger partial charge in [0.05, 0.1) is 11.1 Å². The van der Waals surface area contributed by atoms with Gasteiger partial charge in [-0.1, -0.05) is 29.8 Å². The lowest BCUT2D eigenvalue weighted by Gasteiger charge is -2.12. The van der Waals surface area contributed by atoms with Crippen LogP contribution in [0.25, 0.3) is 10.9 Å². The number of fused-ring (bicyclic) bond motifs is 1. The first-order chi connectivity index (χ1) is 14.8. The van der Waals surface area contributed by atoms with Crippen molar-refractivity contribution in [3.63, 3.8) is 0 Å². The van der Waals surface area contributed by atoms with Crippen molar-refractivity contribution < 1.29 is 18.0 Å². The number of benzene rings is 3. The minimum atomic E-state index is -4.52. The van der Waals surface area contributed by atoms with E-state index in [1.54, 1.807) is 48.5 Å². The minimum Gasteiger partial charge on any atom is -0.340 e. The lowest BCUT2D eigenvalue weighted by molar-refractivity contribution is -0.137. The number of rotatable bonds is 4. The van der Waals surface area contributed by atoms with Gasteiger partial charge in [-0.3, -0.25) is 4.79 Å². The maximum atomic E-state index is 12.9. The highest BCUT2D eigenvalue weighted by Gasteiger charge is 2.30. The van der Waals surface area contributed by atoms with Crippen molar-refractivity contribution in [1.29, 1.82) is 0 Å². The molecule has 4 aromatic rings. The fourth-order valence-corrected chi connectivity index (χ4v) is 3.03. The number of anilines is 3. The fraction of sp³-hybridized carbons (Fsp3) is 0.0455. The molecule has 0 saturated heterocycles. The van der Waals surface area contributed by atoms with Crippen molar-refractivity contribution in [2.75, 3.05) is 10.6 Å². The first-order valence-electron chi connectivity index (χ1n) is 9.07. The zero-order valence-corrected chi connectivity index (χ0v) is 16.5. The van der Waals surface area contributed by atoms with Gasteiger partial charge < -0.3 is 10.6 Å². The van der Waals surface area contributed by atoms with Crippen molar-refractivity contribution in [3.8, 4) is 0 Å². The van der Waals surface area contributed by atoms with Crippen LogP contribution in [0, 0.1) is 0 Å². The van der Waals surface area contributed by atoms with Crippen LogP contribution < -0.4 is 10.6 Å². The molecule has 1 amide bonds. The normalized spacial score (nSPS) is 11.4. The first-order valence-corrected chi connectivity index (χ1v) is 9.45. The van der Waals surface area contributed by atoms with Gasteiger partial charge in [-0.2, -0.15) is 13.2 Å². The van der Waals surface area contributed by atoms with Gasteiger partial charge in [0, 0.05) is 21.8 Å². The zero-order chi connectivity index (χ0) is 22.0. The van der Waals surface area contributed by atoms with E-state index in [9.17, 15) is 18.0 Å². The number of aromatic nitrogens is 2. The topological polar surface area (TPSA) is 66.9 Å². The van der Waals surface area contributed by atoms with Crippen LogP contribution in [0.5, 0.6) is 0 Å². The van der Waals surface area contributed by atoms with Gasteiger partial charge >= 0.3 is 6.18 Å². The molecule has 156 valence electrons. The number of nitrogens with zero attached hydrogens (tertiary/aromatic N) is 2. The third-order valence-electron chi connectivity index (χ3n) is 4.36. The summed E-state index contributed by atoms with van der Waals surface area (Å²) in [5, 5.41) is 6.79. The Balaban J connectivity index is 1.67. The quantitative estimate of drug-likeness (QED) is 0.389. The third-order valence-corrected chi connectivity index (χ3v) is 4.61. The van der Waals surface area contributed by atoms with E-state index in [0.717, 1.165) is 12.1 Å². The monoisotopic (exact) mass is 442 g/mol. The second-order valence-electron chi connectivity index (χ2n) is 6.58. The molecule has 31 heavy (non-hydrogen) atoms. The summed E-state index contributed by atoms with van der Waals surface area (Å²) in [6.07, 6.45) is -4.52. The van der Waals surface area contributed by atoms with Crippen molar-refractivity contribution >= 4 is 45.6 Å². The predicted octanol–water partition coefficient (Wildman–Crippen LogP) is 6.30. The molecule has 0 bridgehead atoms. The van der Waals surface area contributed by atoms with Gasteiger partial charge in [-0.25, -0.2) is 9.97 Å². The maximum Gasteiger partial charge on any atom is 0.416 e. The molecule has 9 heteroatoms. The Morgan fingerprint density at radius 1 is 0.871 bits per heavy atom. The van der Waals surface area contributed by atoms with Crippen molar-refractivity contribution in [3.05, 3.63) is 89.2 Å². The summed E-state index contributed by atoms with van der Waals surface area (Å²) < 4.78 is 38.8. The van der Waals surface area contributed by atoms with E-state index in [-0.39, 0.29) is 11.5 Å². The Morgan fingerprint density at radius 3 is 2.35 bits per heavy atom. The van der Waals surface area contributed by atoms with Gasteiger partial charge in [0.25, 0.3) is 5.91 Å². The summed E-state index contributed by atoms with van der Waals surface area (Å²) >= 11 is 5.92. The number of amides is 1. The van der Waals surface area contributed by atoms with Crippen LogP contribution in [0.4, 0.5) is 30.4 Å². The summed E-state index contributed by atoms with van der Waals surface area (Å²) in [5.74, 6) is -0.543. The van der Waals surface area contributed by atoms with E-state index in [0.29, 0.717) is 27.4 Å². The Labute approximate surface area is 179 Å². The molecule has 3 aromatic carbocycles. The molecule has 0 fully saturated rings. The average Bonchev–Trinajstić information content (AvgIpc) is 2.75. The molecule has 0 aliphatic heterocycles. The zero-order valence-electron chi connectivity index (χ0n) is 15.7. The summed E-state index contributed by atoms with van der Waals surface area (Å²) in [7, 11) is 0. The van der Waals surface area contributed by atoms with Crippen LogP contribution >= 0.6 is 11.6 Å². The van der Waals surface area contributed by atoms with E-state index in [4.69, 9.17) is 11.6 Å². The van der Waals surface area contributed by atoms with Gasteiger partial charge in [-0.05, 0) is 54.6 Å². The van der Waals surface area contributed by atoms with E-state index in [2.05, 4.69) is 20.6 Å².